The Morgan fingerprint density at radius 2 is 1.95 bits per heavy atom. The lowest BCUT2D eigenvalue weighted by Crippen LogP contribution is -2.15. The Balaban J connectivity index is 2.43. The van der Waals surface area contributed by atoms with Crippen molar-refractivity contribution in [3.05, 3.63) is 46.7 Å². The molecule has 0 fully saturated rings. The standard InChI is InChI=1S/C13H14BrN3O2S/c1-9-3-4-10(14)12(7-9)17-20(18,19)13-8-16-6-5-11(13)15-2/h3-8,17H,1-2H3,(H,15,16). The van der Waals surface area contributed by atoms with Crippen molar-refractivity contribution >= 4 is 37.3 Å². The van der Waals surface area contributed by atoms with Crippen molar-refractivity contribution in [3.8, 4) is 0 Å². The van der Waals surface area contributed by atoms with Crippen molar-refractivity contribution in [3.63, 3.8) is 0 Å². The van der Waals surface area contributed by atoms with Crippen molar-refractivity contribution in [2.24, 2.45) is 0 Å². The highest BCUT2D eigenvalue weighted by Crippen LogP contribution is 2.27. The van der Waals surface area contributed by atoms with E-state index in [0.717, 1.165) is 5.56 Å². The number of benzene rings is 1. The Hall–Kier alpha value is -1.60. The molecular formula is C13H14BrN3O2S. The molecule has 0 saturated heterocycles. The third-order valence-corrected chi connectivity index (χ3v) is 4.79. The molecule has 0 aliphatic carbocycles. The van der Waals surface area contributed by atoms with Crippen LogP contribution < -0.4 is 10.0 Å². The van der Waals surface area contributed by atoms with Crippen molar-refractivity contribution in [1.29, 1.82) is 0 Å². The highest BCUT2D eigenvalue weighted by molar-refractivity contribution is 9.10. The first-order valence-electron chi connectivity index (χ1n) is 5.85. The number of pyridine rings is 1. The smallest absolute Gasteiger partial charge is 0.265 e. The summed E-state index contributed by atoms with van der Waals surface area (Å²) < 4.78 is 28.1. The van der Waals surface area contributed by atoms with Gasteiger partial charge in [-0.15, -0.1) is 0 Å². The van der Waals surface area contributed by atoms with Crippen LogP contribution in [0.2, 0.25) is 0 Å². The predicted molar refractivity (Wildman–Crippen MR) is 83.5 cm³/mol. The van der Waals surface area contributed by atoms with Crippen LogP contribution in [0.5, 0.6) is 0 Å². The molecule has 0 spiro atoms. The molecule has 20 heavy (non-hydrogen) atoms. The fourth-order valence-electron chi connectivity index (χ4n) is 1.72. The van der Waals surface area contributed by atoms with Gasteiger partial charge in [0, 0.05) is 23.9 Å². The van der Waals surface area contributed by atoms with Gasteiger partial charge in [-0.1, -0.05) is 6.07 Å². The number of sulfonamides is 1. The van der Waals surface area contributed by atoms with Crippen LogP contribution in [0.1, 0.15) is 5.56 Å². The number of anilines is 2. The van der Waals surface area contributed by atoms with Crippen molar-refractivity contribution in [2.45, 2.75) is 11.8 Å². The molecule has 2 aromatic rings. The average Bonchev–Trinajstić information content (AvgIpc) is 2.42. The van der Waals surface area contributed by atoms with Gasteiger partial charge in [0.15, 0.2) is 0 Å². The summed E-state index contributed by atoms with van der Waals surface area (Å²) in [5.74, 6) is 0. The lowest BCUT2D eigenvalue weighted by atomic mass is 10.2. The van der Waals surface area contributed by atoms with Gasteiger partial charge in [0.1, 0.15) is 4.90 Å². The molecule has 2 N–H and O–H groups in total. The van der Waals surface area contributed by atoms with E-state index in [1.54, 1.807) is 25.2 Å². The van der Waals surface area contributed by atoms with Gasteiger partial charge in [0.2, 0.25) is 0 Å². The van der Waals surface area contributed by atoms with Crippen LogP contribution >= 0.6 is 15.9 Å². The first-order chi connectivity index (χ1) is 9.44. The van der Waals surface area contributed by atoms with Crippen LogP contribution in [0, 0.1) is 6.92 Å². The van der Waals surface area contributed by atoms with Gasteiger partial charge in [0.05, 0.1) is 11.4 Å². The molecule has 0 bridgehead atoms. The highest BCUT2D eigenvalue weighted by atomic mass is 79.9. The van der Waals surface area contributed by atoms with E-state index < -0.39 is 10.0 Å². The zero-order chi connectivity index (χ0) is 14.8. The lowest BCUT2D eigenvalue weighted by molar-refractivity contribution is 0.601. The molecular weight excluding hydrogens is 342 g/mol. The Kier molecular flexibility index (Phi) is 4.29. The van der Waals surface area contributed by atoms with E-state index in [2.05, 4.69) is 31.0 Å². The van der Waals surface area contributed by atoms with E-state index in [9.17, 15) is 8.42 Å². The maximum atomic E-state index is 12.4. The fourth-order valence-corrected chi connectivity index (χ4v) is 3.42. The molecule has 106 valence electrons. The summed E-state index contributed by atoms with van der Waals surface area (Å²) in [6.07, 6.45) is 2.85. The van der Waals surface area contributed by atoms with E-state index in [-0.39, 0.29) is 4.90 Å². The maximum Gasteiger partial charge on any atom is 0.265 e. The summed E-state index contributed by atoms with van der Waals surface area (Å²) in [6.45, 7) is 1.90. The zero-order valence-electron chi connectivity index (χ0n) is 11.0. The van der Waals surface area contributed by atoms with Crippen LogP contribution in [-0.2, 0) is 10.0 Å². The van der Waals surface area contributed by atoms with Gasteiger partial charge < -0.3 is 5.32 Å². The van der Waals surface area contributed by atoms with Crippen LogP contribution in [0.4, 0.5) is 11.4 Å². The SMILES string of the molecule is CNc1ccncc1S(=O)(=O)Nc1cc(C)ccc1Br. The van der Waals surface area contributed by atoms with Crippen molar-refractivity contribution < 1.29 is 8.42 Å². The Labute approximate surface area is 126 Å². The summed E-state index contributed by atoms with van der Waals surface area (Å²) in [5, 5.41) is 2.84. The molecule has 7 heteroatoms. The molecule has 1 aromatic heterocycles. The summed E-state index contributed by atoms with van der Waals surface area (Å²) >= 11 is 3.33. The lowest BCUT2D eigenvalue weighted by Gasteiger charge is -2.13. The molecule has 0 amide bonds. The Morgan fingerprint density at radius 1 is 1.20 bits per heavy atom. The maximum absolute atomic E-state index is 12.4. The summed E-state index contributed by atoms with van der Waals surface area (Å²) in [5.41, 5.74) is 1.96. The Morgan fingerprint density at radius 3 is 2.65 bits per heavy atom. The second-order valence-corrected chi connectivity index (χ2v) is 6.72. The van der Waals surface area contributed by atoms with E-state index in [1.165, 1.54) is 12.4 Å². The number of aryl methyl sites for hydroxylation is 1. The van der Waals surface area contributed by atoms with Gasteiger partial charge >= 0.3 is 0 Å². The highest BCUT2D eigenvalue weighted by Gasteiger charge is 2.19. The molecule has 0 aliphatic rings. The van der Waals surface area contributed by atoms with Gasteiger partial charge in [0.25, 0.3) is 10.0 Å². The summed E-state index contributed by atoms with van der Waals surface area (Å²) in [6, 6.07) is 7.07. The van der Waals surface area contributed by atoms with Gasteiger partial charge in [-0.05, 0) is 46.6 Å². The molecule has 0 saturated carbocycles. The normalized spacial score (nSPS) is 11.2. The number of nitrogens with one attached hydrogen (secondary N) is 2. The van der Waals surface area contributed by atoms with E-state index >= 15 is 0 Å². The van der Waals surface area contributed by atoms with Crippen LogP contribution in [0.25, 0.3) is 0 Å². The number of hydrogen-bond donors (Lipinski definition) is 2. The van der Waals surface area contributed by atoms with Crippen LogP contribution in [0.15, 0.2) is 46.0 Å². The molecule has 0 aliphatic heterocycles. The second kappa shape index (κ2) is 5.80. The predicted octanol–water partition coefficient (Wildman–Crippen LogP) is 3.00. The number of aromatic nitrogens is 1. The molecule has 0 atom stereocenters. The van der Waals surface area contributed by atoms with Crippen molar-refractivity contribution in [2.75, 3.05) is 17.1 Å². The van der Waals surface area contributed by atoms with Gasteiger partial charge in [-0.25, -0.2) is 8.42 Å². The summed E-state index contributed by atoms with van der Waals surface area (Å²) in [4.78, 5) is 3.98. The molecule has 5 nitrogen and oxygen atoms in total. The molecule has 2 rings (SSSR count). The Bertz CT molecular complexity index is 732. The molecule has 1 heterocycles. The average molecular weight is 356 g/mol. The minimum absolute atomic E-state index is 0.107. The molecule has 1 aromatic carbocycles. The first-order valence-corrected chi connectivity index (χ1v) is 8.12. The number of nitrogens with zero attached hydrogens (tertiary/aromatic N) is 1. The summed E-state index contributed by atoms with van der Waals surface area (Å²) in [7, 11) is -2.04. The van der Waals surface area contributed by atoms with E-state index in [1.807, 2.05) is 13.0 Å². The number of hydrogen-bond acceptors (Lipinski definition) is 4. The minimum Gasteiger partial charge on any atom is -0.387 e. The van der Waals surface area contributed by atoms with E-state index in [4.69, 9.17) is 0 Å². The number of rotatable bonds is 4. The second-order valence-electron chi connectivity index (χ2n) is 4.21. The van der Waals surface area contributed by atoms with Crippen LogP contribution in [-0.4, -0.2) is 20.4 Å². The van der Waals surface area contributed by atoms with E-state index in [0.29, 0.717) is 15.8 Å². The monoisotopic (exact) mass is 355 g/mol. The minimum atomic E-state index is -3.70. The number of halogens is 1. The van der Waals surface area contributed by atoms with Crippen molar-refractivity contribution in [1.82, 2.24) is 4.98 Å². The third kappa shape index (κ3) is 3.10. The topological polar surface area (TPSA) is 71.1 Å². The molecule has 0 radical (unpaired) electrons. The quantitative estimate of drug-likeness (QED) is 0.884. The fraction of sp³-hybridized carbons (Fsp3) is 0.154. The molecule has 0 unspecified atom stereocenters. The third-order valence-electron chi connectivity index (χ3n) is 2.71. The van der Waals surface area contributed by atoms with Gasteiger partial charge in [-0.2, -0.15) is 0 Å². The first kappa shape index (κ1) is 14.8. The largest absolute Gasteiger partial charge is 0.387 e. The van der Waals surface area contributed by atoms with Gasteiger partial charge in [-0.3, -0.25) is 9.71 Å². The van der Waals surface area contributed by atoms with Crippen LogP contribution in [0.3, 0.4) is 0 Å². The zero-order valence-corrected chi connectivity index (χ0v) is 13.4.